The largest absolute Gasteiger partial charge is 0.726 e. The van der Waals surface area contributed by atoms with Crippen LogP contribution in [0.2, 0.25) is 0 Å². The van der Waals surface area contributed by atoms with E-state index < -0.39 is 40.1 Å². The van der Waals surface area contributed by atoms with Crippen molar-refractivity contribution < 1.29 is 37.3 Å². The summed E-state index contributed by atoms with van der Waals surface area (Å²) in [5, 5.41) is 31.0. The molecule has 0 spiro atoms. The lowest BCUT2D eigenvalue weighted by molar-refractivity contribution is -0.202. The fourth-order valence-electron chi connectivity index (χ4n) is 8.91. The molecule has 0 unspecified atom stereocenters. The minimum absolute atomic E-state index is 0.0000898. The van der Waals surface area contributed by atoms with E-state index in [1.165, 1.54) is 0 Å². The van der Waals surface area contributed by atoms with Crippen molar-refractivity contribution in [2.75, 3.05) is 0 Å². The van der Waals surface area contributed by atoms with E-state index in [2.05, 4.69) is 20.8 Å². The van der Waals surface area contributed by atoms with Gasteiger partial charge in [-0.05, 0) is 97.7 Å². The predicted molar refractivity (Wildman–Crippen MR) is 119 cm³/mol. The van der Waals surface area contributed by atoms with E-state index in [-0.39, 0.29) is 47.3 Å². The Bertz CT molecular complexity index is 861. The van der Waals surface area contributed by atoms with Gasteiger partial charge in [-0.2, -0.15) is 0 Å². The van der Waals surface area contributed by atoms with Crippen molar-refractivity contribution in [2.45, 2.75) is 96.9 Å². The number of rotatable bonds is 6. The lowest BCUT2D eigenvalue weighted by Crippen LogP contribution is -2.63. The van der Waals surface area contributed by atoms with Gasteiger partial charge >= 0.3 is 5.97 Å². The van der Waals surface area contributed by atoms with Crippen LogP contribution >= 0.6 is 0 Å². The van der Waals surface area contributed by atoms with Gasteiger partial charge in [0.15, 0.2) is 0 Å². The van der Waals surface area contributed by atoms with E-state index in [1.54, 1.807) is 0 Å². The van der Waals surface area contributed by atoms with Gasteiger partial charge in [0.05, 0.1) is 18.3 Å². The Labute approximate surface area is 197 Å². The van der Waals surface area contributed by atoms with Gasteiger partial charge in [0, 0.05) is 6.42 Å². The number of hydrogen-bond acceptors (Lipinski definition) is 7. The maximum absolute atomic E-state index is 11.7. The summed E-state index contributed by atoms with van der Waals surface area (Å²) in [4.78, 5) is 11.1. The van der Waals surface area contributed by atoms with Crippen molar-refractivity contribution in [1.29, 1.82) is 0 Å². The number of carboxylic acid groups (broad SMARTS) is 1. The third-order valence-electron chi connectivity index (χ3n) is 10.6. The summed E-state index contributed by atoms with van der Waals surface area (Å²) < 4.78 is 40.3. The smallest absolute Gasteiger partial charge is 0.303 e. The van der Waals surface area contributed by atoms with E-state index in [0.29, 0.717) is 32.1 Å². The van der Waals surface area contributed by atoms with Crippen molar-refractivity contribution in [2.24, 2.45) is 46.3 Å². The Morgan fingerprint density at radius 1 is 1.12 bits per heavy atom. The normalized spacial score (nSPS) is 48.4. The zero-order valence-corrected chi connectivity index (χ0v) is 20.7. The molecule has 4 aliphatic carbocycles. The van der Waals surface area contributed by atoms with Gasteiger partial charge in [-0.3, -0.25) is 8.98 Å². The van der Waals surface area contributed by atoms with Crippen molar-refractivity contribution in [3.63, 3.8) is 0 Å². The Morgan fingerprint density at radius 3 is 2.45 bits per heavy atom. The van der Waals surface area contributed by atoms with Gasteiger partial charge in [0.25, 0.3) is 0 Å². The summed E-state index contributed by atoms with van der Waals surface area (Å²) in [6.07, 6.45) is 3.51. The topological polar surface area (TPSA) is 144 Å². The number of aliphatic carboxylic acids is 1. The quantitative estimate of drug-likeness (QED) is 0.383. The summed E-state index contributed by atoms with van der Waals surface area (Å²) in [6, 6.07) is 0. The third-order valence-corrected chi connectivity index (χ3v) is 11.0. The summed E-state index contributed by atoms with van der Waals surface area (Å²) in [7, 11) is -4.90. The molecule has 11 atom stereocenters. The molecule has 9 heteroatoms. The van der Waals surface area contributed by atoms with Crippen molar-refractivity contribution in [3.8, 4) is 0 Å². The Morgan fingerprint density at radius 2 is 1.82 bits per heavy atom. The predicted octanol–water partition coefficient (Wildman–Crippen LogP) is 2.93. The molecule has 8 nitrogen and oxygen atoms in total. The molecule has 0 aliphatic heterocycles. The van der Waals surface area contributed by atoms with Crippen molar-refractivity contribution >= 4 is 16.4 Å². The van der Waals surface area contributed by atoms with Crippen LogP contribution in [0.25, 0.3) is 0 Å². The highest BCUT2D eigenvalue weighted by Gasteiger charge is 2.66. The maximum Gasteiger partial charge on any atom is 0.303 e. The fraction of sp³-hybridized carbons (Fsp3) is 0.958. The zero-order valence-electron chi connectivity index (χ0n) is 19.9. The van der Waals surface area contributed by atoms with E-state index >= 15 is 0 Å². The average Bonchev–Trinajstić information content (AvgIpc) is 3.05. The molecule has 0 radical (unpaired) electrons. The van der Waals surface area contributed by atoms with E-state index in [4.69, 9.17) is 9.29 Å². The lowest BCUT2D eigenvalue weighted by atomic mass is 9.43. The van der Waals surface area contributed by atoms with Gasteiger partial charge in [-0.25, -0.2) is 8.42 Å². The molecule has 0 aromatic rings. The second kappa shape index (κ2) is 8.73. The summed E-state index contributed by atoms with van der Waals surface area (Å²) in [6.45, 7) is 6.34. The van der Waals surface area contributed by atoms with Gasteiger partial charge < -0.3 is 19.9 Å². The van der Waals surface area contributed by atoms with Crippen LogP contribution in [0, 0.1) is 46.3 Å². The van der Waals surface area contributed by atoms with E-state index in [1.807, 2.05) is 0 Å². The number of fused-ring (bicyclic) bond motifs is 5. The first kappa shape index (κ1) is 25.4. The zero-order chi connectivity index (χ0) is 24.3. The summed E-state index contributed by atoms with van der Waals surface area (Å²) in [5.41, 5.74) is -0.629. The van der Waals surface area contributed by atoms with Gasteiger partial charge in [0.2, 0.25) is 10.4 Å². The first-order valence-electron chi connectivity index (χ1n) is 12.5. The first-order valence-corrected chi connectivity index (χ1v) is 13.8. The molecule has 190 valence electrons. The van der Waals surface area contributed by atoms with Crippen LogP contribution in [0.15, 0.2) is 0 Å². The molecule has 0 heterocycles. The Balaban J connectivity index is 1.69. The van der Waals surface area contributed by atoms with Crippen LogP contribution in [0.3, 0.4) is 0 Å². The van der Waals surface area contributed by atoms with Crippen LogP contribution in [0.1, 0.15) is 78.6 Å². The molecule has 0 saturated heterocycles. The highest BCUT2D eigenvalue weighted by Crippen LogP contribution is 2.68. The summed E-state index contributed by atoms with van der Waals surface area (Å²) >= 11 is 0. The maximum atomic E-state index is 11.7. The fourth-order valence-corrected chi connectivity index (χ4v) is 9.42. The molecule has 4 saturated carbocycles. The molecular weight excluding hydrogens is 448 g/mol. The number of aliphatic hydroxyl groups excluding tert-OH is 2. The monoisotopic (exact) mass is 487 g/mol. The van der Waals surface area contributed by atoms with Gasteiger partial charge in [-0.15, -0.1) is 0 Å². The number of hydrogen-bond donors (Lipinski definition) is 3. The molecule has 33 heavy (non-hydrogen) atoms. The van der Waals surface area contributed by atoms with Crippen LogP contribution < -0.4 is 0 Å². The first-order chi connectivity index (χ1) is 15.3. The molecule has 4 fully saturated rings. The minimum atomic E-state index is -4.90. The molecular formula is C24H39O8S-. The van der Waals surface area contributed by atoms with Gasteiger partial charge in [0.1, 0.15) is 0 Å². The standard InChI is InChI=1S/C24H40O8S/c1-13(4-7-21(27)28)16-5-6-17-22-18(12-20(26)24(16,17)3)23(2)9-8-15(25)10-14(23)11-19(22)32-33(29,30)31/h13-20,22,25-26H,4-12H2,1-3H3,(H,27,28)(H,29,30,31)/p-1/t13-,14+,15-,16-,17+,18+,19-,20+,22+,23+,24-/m1/s1. The lowest BCUT2D eigenvalue weighted by Gasteiger charge is -2.64. The second-order valence-corrected chi connectivity index (χ2v) is 12.9. The number of carboxylic acids is 1. The minimum Gasteiger partial charge on any atom is -0.726 e. The highest BCUT2D eigenvalue weighted by molar-refractivity contribution is 7.80. The Kier molecular flexibility index (Phi) is 6.71. The van der Waals surface area contributed by atoms with Crippen molar-refractivity contribution in [3.05, 3.63) is 0 Å². The number of carbonyl (C=O) groups is 1. The van der Waals surface area contributed by atoms with Crippen LogP contribution in [-0.2, 0) is 19.4 Å². The second-order valence-electron chi connectivity index (χ2n) is 11.9. The molecule has 4 rings (SSSR count). The van der Waals surface area contributed by atoms with Crippen LogP contribution in [0.5, 0.6) is 0 Å². The molecule has 3 N–H and O–H groups in total. The van der Waals surface area contributed by atoms with E-state index in [9.17, 15) is 28.0 Å². The molecule has 0 aromatic heterocycles. The average molecular weight is 488 g/mol. The Hall–Kier alpha value is -0.740. The molecule has 0 aromatic carbocycles. The van der Waals surface area contributed by atoms with Crippen LogP contribution in [-0.4, -0.2) is 52.6 Å². The highest BCUT2D eigenvalue weighted by atomic mass is 32.3. The molecule has 0 amide bonds. The van der Waals surface area contributed by atoms with Crippen LogP contribution in [0.4, 0.5) is 0 Å². The van der Waals surface area contributed by atoms with E-state index in [0.717, 1.165) is 19.3 Å². The summed E-state index contributed by atoms with van der Waals surface area (Å²) in [5.74, 6) is -0.697. The van der Waals surface area contributed by atoms with Crippen molar-refractivity contribution in [1.82, 2.24) is 0 Å². The molecule has 0 bridgehead atoms. The van der Waals surface area contributed by atoms with Gasteiger partial charge in [-0.1, -0.05) is 20.8 Å². The number of aliphatic hydroxyl groups is 2. The third kappa shape index (κ3) is 4.37. The SMILES string of the molecule is C[C@H](CCC(=O)O)[C@H]1CC[C@H]2[C@@H]3[C@H](OS(=O)(=O)[O-])C[C@@H]4C[C@H](O)CC[C@]4(C)[C@H]3C[C@H](O)[C@]12C. The molecule has 4 aliphatic rings.